The van der Waals surface area contributed by atoms with Gasteiger partial charge in [-0.05, 0) is 37.9 Å². The van der Waals surface area contributed by atoms with Gasteiger partial charge in [0.2, 0.25) is 0 Å². The molecule has 2 N–H and O–H groups in total. The SMILES string of the molecule is Cc1cncc(CN(C)C2(CN)CCCCC2)c1. The van der Waals surface area contributed by atoms with Gasteiger partial charge in [-0.2, -0.15) is 0 Å². The Morgan fingerprint density at radius 3 is 2.61 bits per heavy atom. The Kier molecular flexibility index (Phi) is 4.36. The third-order valence-electron chi connectivity index (χ3n) is 4.33. The summed E-state index contributed by atoms with van der Waals surface area (Å²) in [4.78, 5) is 6.72. The van der Waals surface area contributed by atoms with E-state index in [1.165, 1.54) is 43.2 Å². The van der Waals surface area contributed by atoms with Crippen LogP contribution in [0.4, 0.5) is 0 Å². The zero-order chi connectivity index (χ0) is 13.0. The molecule has 0 aromatic carbocycles. The summed E-state index contributed by atoms with van der Waals surface area (Å²) in [5.41, 5.74) is 8.79. The Morgan fingerprint density at radius 1 is 1.28 bits per heavy atom. The first-order chi connectivity index (χ1) is 8.66. The molecule has 1 aliphatic carbocycles. The van der Waals surface area contributed by atoms with Gasteiger partial charge in [-0.1, -0.05) is 25.3 Å². The highest BCUT2D eigenvalue weighted by Crippen LogP contribution is 2.32. The van der Waals surface area contributed by atoms with Gasteiger partial charge in [0.25, 0.3) is 0 Å². The van der Waals surface area contributed by atoms with Gasteiger partial charge in [0.15, 0.2) is 0 Å². The van der Waals surface area contributed by atoms with E-state index >= 15 is 0 Å². The Balaban J connectivity index is 2.07. The highest BCUT2D eigenvalue weighted by Gasteiger charge is 2.34. The molecule has 0 bridgehead atoms. The number of aryl methyl sites for hydroxylation is 1. The predicted octanol–water partition coefficient (Wildman–Crippen LogP) is 2.48. The number of hydrogen-bond acceptors (Lipinski definition) is 3. The van der Waals surface area contributed by atoms with Crippen molar-refractivity contribution >= 4 is 0 Å². The number of rotatable bonds is 4. The maximum Gasteiger partial charge on any atom is 0.0332 e. The zero-order valence-corrected chi connectivity index (χ0v) is 11.7. The second kappa shape index (κ2) is 5.81. The highest BCUT2D eigenvalue weighted by atomic mass is 15.2. The van der Waals surface area contributed by atoms with Gasteiger partial charge in [0.05, 0.1) is 0 Å². The average Bonchev–Trinajstić information content (AvgIpc) is 2.39. The van der Waals surface area contributed by atoms with Crippen LogP contribution in [0.5, 0.6) is 0 Å². The molecular formula is C15H25N3. The van der Waals surface area contributed by atoms with Crippen molar-refractivity contribution in [1.29, 1.82) is 0 Å². The largest absolute Gasteiger partial charge is 0.329 e. The molecule has 100 valence electrons. The summed E-state index contributed by atoms with van der Waals surface area (Å²) in [6.07, 6.45) is 10.3. The quantitative estimate of drug-likeness (QED) is 0.889. The Labute approximate surface area is 110 Å². The second-order valence-electron chi connectivity index (χ2n) is 5.72. The summed E-state index contributed by atoms with van der Waals surface area (Å²) in [5, 5.41) is 0. The van der Waals surface area contributed by atoms with Gasteiger partial charge in [-0.15, -0.1) is 0 Å². The monoisotopic (exact) mass is 247 g/mol. The number of likely N-dealkylation sites (N-methyl/N-ethyl adjacent to an activating group) is 1. The van der Waals surface area contributed by atoms with Crippen LogP contribution in [-0.2, 0) is 6.54 Å². The van der Waals surface area contributed by atoms with E-state index in [1.807, 2.05) is 12.4 Å². The van der Waals surface area contributed by atoms with Crippen molar-refractivity contribution in [2.45, 2.75) is 51.1 Å². The molecule has 1 heterocycles. The van der Waals surface area contributed by atoms with Gasteiger partial charge in [-0.25, -0.2) is 0 Å². The first-order valence-electron chi connectivity index (χ1n) is 6.98. The van der Waals surface area contributed by atoms with E-state index in [0.717, 1.165) is 13.1 Å². The minimum absolute atomic E-state index is 0.210. The number of pyridine rings is 1. The number of nitrogens with zero attached hydrogens (tertiary/aromatic N) is 2. The first-order valence-corrected chi connectivity index (χ1v) is 6.98. The lowest BCUT2D eigenvalue weighted by molar-refractivity contribution is 0.0757. The second-order valence-corrected chi connectivity index (χ2v) is 5.72. The van der Waals surface area contributed by atoms with Crippen molar-refractivity contribution in [2.24, 2.45) is 5.73 Å². The summed E-state index contributed by atoms with van der Waals surface area (Å²) in [5.74, 6) is 0. The van der Waals surface area contributed by atoms with Gasteiger partial charge < -0.3 is 5.73 Å². The van der Waals surface area contributed by atoms with Crippen molar-refractivity contribution in [1.82, 2.24) is 9.88 Å². The number of hydrogen-bond donors (Lipinski definition) is 1. The molecule has 3 heteroatoms. The summed E-state index contributed by atoms with van der Waals surface area (Å²) in [6, 6.07) is 2.22. The number of aromatic nitrogens is 1. The molecule has 0 atom stereocenters. The minimum Gasteiger partial charge on any atom is -0.329 e. The molecule has 1 aromatic rings. The third-order valence-corrected chi connectivity index (χ3v) is 4.33. The molecule has 0 saturated heterocycles. The Morgan fingerprint density at radius 2 is 2.00 bits per heavy atom. The summed E-state index contributed by atoms with van der Waals surface area (Å²) >= 11 is 0. The molecule has 1 aliphatic rings. The zero-order valence-electron chi connectivity index (χ0n) is 11.7. The molecule has 0 radical (unpaired) electrons. The molecule has 0 amide bonds. The van der Waals surface area contributed by atoms with Crippen molar-refractivity contribution in [3.05, 3.63) is 29.6 Å². The number of nitrogens with two attached hydrogens (primary N) is 1. The molecule has 0 unspecified atom stereocenters. The maximum absolute atomic E-state index is 6.07. The van der Waals surface area contributed by atoms with Crippen molar-refractivity contribution in [3.63, 3.8) is 0 Å². The van der Waals surface area contributed by atoms with Gasteiger partial charge in [0.1, 0.15) is 0 Å². The molecule has 1 aromatic heterocycles. The minimum atomic E-state index is 0.210. The smallest absolute Gasteiger partial charge is 0.0332 e. The average molecular weight is 247 g/mol. The van der Waals surface area contributed by atoms with Crippen LogP contribution in [0.15, 0.2) is 18.5 Å². The molecule has 1 fully saturated rings. The molecule has 0 spiro atoms. The third kappa shape index (κ3) is 2.90. The van der Waals surface area contributed by atoms with Crippen LogP contribution >= 0.6 is 0 Å². The van der Waals surface area contributed by atoms with Gasteiger partial charge in [-0.3, -0.25) is 9.88 Å². The lowest BCUT2D eigenvalue weighted by Crippen LogP contribution is -2.52. The standard InChI is InChI=1S/C15H25N3/c1-13-8-14(10-17-9-13)11-18(2)15(12-16)6-4-3-5-7-15/h8-10H,3-7,11-12,16H2,1-2H3. The normalized spacial score (nSPS) is 19.1. The fraction of sp³-hybridized carbons (Fsp3) is 0.667. The lowest BCUT2D eigenvalue weighted by Gasteiger charge is -2.44. The highest BCUT2D eigenvalue weighted by molar-refractivity contribution is 5.17. The lowest BCUT2D eigenvalue weighted by atomic mass is 9.80. The van der Waals surface area contributed by atoms with E-state index in [1.54, 1.807) is 0 Å². The summed E-state index contributed by atoms with van der Waals surface area (Å²) in [7, 11) is 2.21. The fourth-order valence-electron chi connectivity index (χ4n) is 3.10. The predicted molar refractivity (Wildman–Crippen MR) is 75.3 cm³/mol. The van der Waals surface area contributed by atoms with Gasteiger partial charge >= 0.3 is 0 Å². The van der Waals surface area contributed by atoms with Crippen molar-refractivity contribution in [2.75, 3.05) is 13.6 Å². The van der Waals surface area contributed by atoms with E-state index in [-0.39, 0.29) is 5.54 Å². The van der Waals surface area contributed by atoms with E-state index < -0.39 is 0 Å². The van der Waals surface area contributed by atoms with Crippen LogP contribution in [0.2, 0.25) is 0 Å². The molecule has 2 rings (SSSR count). The van der Waals surface area contributed by atoms with Crippen LogP contribution in [0, 0.1) is 6.92 Å². The van der Waals surface area contributed by atoms with Crippen LogP contribution in [0.1, 0.15) is 43.2 Å². The van der Waals surface area contributed by atoms with Gasteiger partial charge in [0, 0.05) is 31.0 Å². The van der Waals surface area contributed by atoms with Crippen molar-refractivity contribution in [3.8, 4) is 0 Å². The van der Waals surface area contributed by atoms with Crippen LogP contribution < -0.4 is 5.73 Å². The van der Waals surface area contributed by atoms with E-state index in [4.69, 9.17) is 5.73 Å². The topological polar surface area (TPSA) is 42.2 Å². The molecule has 1 saturated carbocycles. The molecule has 0 aliphatic heterocycles. The van der Waals surface area contributed by atoms with Crippen LogP contribution in [-0.4, -0.2) is 29.0 Å². The first kappa shape index (κ1) is 13.5. The van der Waals surface area contributed by atoms with Crippen molar-refractivity contribution < 1.29 is 0 Å². The molecule has 18 heavy (non-hydrogen) atoms. The van der Waals surface area contributed by atoms with E-state index in [0.29, 0.717) is 0 Å². The summed E-state index contributed by atoms with van der Waals surface area (Å²) < 4.78 is 0. The van der Waals surface area contributed by atoms with Crippen LogP contribution in [0.3, 0.4) is 0 Å². The Bertz CT molecular complexity index is 383. The summed E-state index contributed by atoms with van der Waals surface area (Å²) in [6.45, 7) is 3.81. The van der Waals surface area contributed by atoms with Crippen LogP contribution in [0.25, 0.3) is 0 Å². The molecule has 3 nitrogen and oxygen atoms in total. The van der Waals surface area contributed by atoms with E-state index in [2.05, 4.69) is 29.9 Å². The molecular weight excluding hydrogens is 222 g/mol. The fourth-order valence-corrected chi connectivity index (χ4v) is 3.10. The Hall–Kier alpha value is -0.930. The maximum atomic E-state index is 6.07. The van der Waals surface area contributed by atoms with E-state index in [9.17, 15) is 0 Å².